The second kappa shape index (κ2) is 8.60. The summed E-state index contributed by atoms with van der Waals surface area (Å²) in [5.41, 5.74) is -0.0942. The number of sulfonamides is 1. The normalized spacial score (nSPS) is 17.8. The van der Waals surface area contributed by atoms with E-state index in [1.807, 2.05) is 4.90 Å². The number of alkyl halides is 3. The van der Waals surface area contributed by atoms with Gasteiger partial charge in [-0.05, 0) is 18.6 Å². The number of halogens is 3. The Bertz CT molecular complexity index is 1220. The molecule has 0 aliphatic carbocycles. The number of rotatable bonds is 6. The van der Waals surface area contributed by atoms with E-state index >= 15 is 0 Å². The van der Waals surface area contributed by atoms with Gasteiger partial charge in [-0.25, -0.2) is 32.6 Å². The molecule has 14 heteroatoms. The zero-order valence-corrected chi connectivity index (χ0v) is 17.8. The van der Waals surface area contributed by atoms with E-state index < -0.39 is 21.9 Å². The first-order chi connectivity index (χ1) is 15.1. The Kier molecular flexibility index (Phi) is 6.01. The summed E-state index contributed by atoms with van der Waals surface area (Å²) in [6.07, 6.45) is -0.472. The van der Waals surface area contributed by atoms with Gasteiger partial charge >= 0.3 is 6.18 Å². The molecular formula is C18H20F3N7O3S. The van der Waals surface area contributed by atoms with E-state index in [0.29, 0.717) is 43.3 Å². The van der Waals surface area contributed by atoms with Crippen LogP contribution in [0, 0.1) is 0 Å². The first-order valence-electron chi connectivity index (χ1n) is 9.66. The Hall–Kier alpha value is -2.84. The molecule has 10 nitrogen and oxygen atoms in total. The summed E-state index contributed by atoms with van der Waals surface area (Å²) in [5, 5.41) is 3.67. The van der Waals surface area contributed by atoms with Crippen molar-refractivity contribution < 1.29 is 26.3 Å². The fraction of sp³-hybridized carbons (Fsp3) is 0.444. The largest absolute Gasteiger partial charge is 0.435 e. The molecule has 3 aromatic heterocycles. The van der Waals surface area contributed by atoms with Gasteiger partial charge in [0.15, 0.2) is 11.3 Å². The minimum atomic E-state index is -4.58. The van der Waals surface area contributed by atoms with Gasteiger partial charge in [-0.1, -0.05) is 0 Å². The second-order valence-electron chi connectivity index (χ2n) is 7.29. The third-order valence-electron chi connectivity index (χ3n) is 4.86. The summed E-state index contributed by atoms with van der Waals surface area (Å²) in [6.45, 7) is 1.71. The maximum absolute atomic E-state index is 13.1. The van der Waals surface area contributed by atoms with Crippen LogP contribution in [0.3, 0.4) is 0 Å². The van der Waals surface area contributed by atoms with E-state index in [1.165, 1.54) is 18.6 Å². The highest BCUT2D eigenvalue weighted by Crippen LogP contribution is 2.29. The lowest BCUT2D eigenvalue weighted by Crippen LogP contribution is -2.44. The van der Waals surface area contributed by atoms with Crippen molar-refractivity contribution in [3.63, 3.8) is 0 Å². The van der Waals surface area contributed by atoms with Gasteiger partial charge in [0.25, 0.3) is 0 Å². The minimum absolute atomic E-state index is 0.205. The molecule has 1 aliphatic rings. The van der Waals surface area contributed by atoms with Crippen molar-refractivity contribution in [2.24, 2.45) is 0 Å². The maximum atomic E-state index is 13.1. The van der Waals surface area contributed by atoms with E-state index in [2.05, 4.69) is 24.8 Å². The number of hydrogen-bond donors (Lipinski definition) is 1. The van der Waals surface area contributed by atoms with Gasteiger partial charge in [0.1, 0.15) is 17.8 Å². The first-order valence-corrected chi connectivity index (χ1v) is 11.5. The van der Waals surface area contributed by atoms with E-state index in [9.17, 15) is 21.6 Å². The van der Waals surface area contributed by atoms with Crippen LogP contribution in [0.2, 0.25) is 0 Å². The van der Waals surface area contributed by atoms with Gasteiger partial charge in [-0.15, -0.1) is 0 Å². The number of nitrogens with zero attached hydrogens (tertiary/aromatic N) is 6. The minimum Gasteiger partial charge on any atom is -0.374 e. The fourth-order valence-electron chi connectivity index (χ4n) is 3.37. The van der Waals surface area contributed by atoms with E-state index in [4.69, 9.17) is 4.74 Å². The van der Waals surface area contributed by atoms with Crippen LogP contribution >= 0.6 is 0 Å². The Morgan fingerprint density at radius 1 is 1.25 bits per heavy atom. The zero-order valence-electron chi connectivity index (χ0n) is 16.9. The van der Waals surface area contributed by atoms with Gasteiger partial charge in [0.2, 0.25) is 10.0 Å². The van der Waals surface area contributed by atoms with Crippen molar-refractivity contribution in [1.29, 1.82) is 0 Å². The smallest absolute Gasteiger partial charge is 0.374 e. The highest BCUT2D eigenvalue weighted by molar-refractivity contribution is 7.88. The predicted octanol–water partition coefficient (Wildman–Crippen LogP) is 1.35. The molecule has 172 valence electrons. The van der Waals surface area contributed by atoms with E-state index in [-0.39, 0.29) is 18.3 Å². The molecule has 1 N–H and O–H groups in total. The molecule has 1 saturated heterocycles. The summed E-state index contributed by atoms with van der Waals surface area (Å²) in [7, 11) is -3.28. The highest BCUT2D eigenvalue weighted by atomic mass is 32.2. The van der Waals surface area contributed by atoms with Crippen LogP contribution in [-0.4, -0.2) is 71.6 Å². The molecule has 1 atom stereocenters. The number of imidazole rings is 1. The van der Waals surface area contributed by atoms with Gasteiger partial charge in [0.05, 0.1) is 30.9 Å². The van der Waals surface area contributed by atoms with Crippen molar-refractivity contribution in [3.05, 3.63) is 36.4 Å². The molecule has 0 saturated carbocycles. The Morgan fingerprint density at radius 3 is 2.81 bits per heavy atom. The third kappa shape index (κ3) is 5.14. The third-order valence-corrected chi connectivity index (χ3v) is 5.59. The van der Waals surface area contributed by atoms with Crippen molar-refractivity contribution >= 4 is 21.5 Å². The molecule has 0 unspecified atom stereocenters. The number of aromatic nitrogens is 5. The molecule has 32 heavy (non-hydrogen) atoms. The van der Waals surface area contributed by atoms with Crippen molar-refractivity contribution in [3.8, 4) is 11.4 Å². The van der Waals surface area contributed by atoms with E-state index in [1.54, 1.807) is 6.07 Å². The average Bonchev–Trinajstić information content (AvgIpc) is 3.16. The Labute approximate surface area is 181 Å². The molecule has 0 aromatic carbocycles. The van der Waals surface area contributed by atoms with Gasteiger partial charge in [-0.3, -0.25) is 0 Å². The molecular weight excluding hydrogens is 451 g/mol. The van der Waals surface area contributed by atoms with Crippen LogP contribution in [0.15, 0.2) is 30.7 Å². The maximum Gasteiger partial charge on any atom is 0.435 e. The fourth-order valence-corrected chi connectivity index (χ4v) is 3.86. The number of morpholine rings is 1. The van der Waals surface area contributed by atoms with Gasteiger partial charge in [-0.2, -0.15) is 18.3 Å². The average molecular weight is 471 g/mol. The SMILES string of the molecule is CS(=O)(=O)NCC[C@@H]1CN(c2cc(-c3cnc4ccc(C(F)(F)F)nn34)ncn2)CCO1. The molecule has 0 radical (unpaired) electrons. The van der Waals surface area contributed by atoms with E-state index in [0.717, 1.165) is 16.8 Å². The number of ether oxygens (including phenoxy) is 1. The molecule has 4 heterocycles. The van der Waals surface area contributed by atoms with Crippen LogP contribution in [0.25, 0.3) is 17.0 Å². The number of anilines is 1. The topological polar surface area (TPSA) is 115 Å². The van der Waals surface area contributed by atoms with Crippen molar-refractivity contribution in [2.75, 3.05) is 37.4 Å². The number of fused-ring (bicyclic) bond motifs is 1. The lowest BCUT2D eigenvalue weighted by molar-refractivity contribution is -0.141. The van der Waals surface area contributed by atoms with Crippen LogP contribution in [0.5, 0.6) is 0 Å². The standard InChI is InChI=1S/C18H20F3N7O3S/c1-32(29,30)25-5-4-12-10-27(6-7-31-12)17-8-13(23-11-24-17)14-9-22-16-3-2-15(18(19,20)21)26-28(14)16/h2-3,8-9,11-12,25H,4-7,10H2,1H3/t12-/m1/s1. The Balaban J connectivity index is 1.55. The van der Waals surface area contributed by atoms with Crippen LogP contribution in [-0.2, 0) is 20.9 Å². The van der Waals surface area contributed by atoms with Crippen molar-refractivity contribution in [2.45, 2.75) is 18.7 Å². The number of nitrogens with one attached hydrogen (secondary N) is 1. The van der Waals surface area contributed by atoms with Gasteiger partial charge in [0, 0.05) is 25.7 Å². The lowest BCUT2D eigenvalue weighted by atomic mass is 10.2. The van der Waals surface area contributed by atoms with Gasteiger partial charge < -0.3 is 9.64 Å². The summed E-state index contributed by atoms with van der Waals surface area (Å²) in [4.78, 5) is 14.5. The molecule has 1 aliphatic heterocycles. The Morgan fingerprint density at radius 2 is 2.06 bits per heavy atom. The van der Waals surface area contributed by atoms with Crippen LogP contribution in [0.4, 0.5) is 19.0 Å². The molecule has 0 amide bonds. The zero-order chi connectivity index (χ0) is 22.9. The quantitative estimate of drug-likeness (QED) is 0.573. The molecule has 1 fully saturated rings. The second-order valence-corrected chi connectivity index (χ2v) is 9.12. The summed E-state index contributed by atoms with van der Waals surface area (Å²) >= 11 is 0. The lowest BCUT2D eigenvalue weighted by Gasteiger charge is -2.33. The monoisotopic (exact) mass is 471 g/mol. The molecule has 0 spiro atoms. The van der Waals surface area contributed by atoms with Crippen LogP contribution < -0.4 is 9.62 Å². The molecule has 4 rings (SSSR count). The molecule has 0 bridgehead atoms. The first kappa shape index (κ1) is 22.4. The summed E-state index contributed by atoms with van der Waals surface area (Å²) in [5.74, 6) is 0.571. The summed E-state index contributed by atoms with van der Waals surface area (Å²) < 4.78 is 70.9. The summed E-state index contributed by atoms with van der Waals surface area (Å²) in [6, 6.07) is 3.78. The molecule has 3 aromatic rings. The predicted molar refractivity (Wildman–Crippen MR) is 108 cm³/mol. The van der Waals surface area contributed by atoms with Crippen molar-refractivity contribution in [1.82, 2.24) is 29.3 Å². The number of hydrogen-bond acceptors (Lipinski definition) is 8. The van der Waals surface area contributed by atoms with Crippen LogP contribution in [0.1, 0.15) is 12.1 Å². The highest BCUT2D eigenvalue weighted by Gasteiger charge is 2.33.